The number of hydrogen-bond donors (Lipinski definition) is 3. The maximum Gasteiger partial charge on any atom is 0.139 e. The Balaban J connectivity index is 1.88. The number of nitrogens with two attached hydrogens (primary N) is 1. The van der Waals surface area contributed by atoms with Gasteiger partial charge in [-0.3, -0.25) is 0 Å². The zero-order chi connectivity index (χ0) is 14.7. The summed E-state index contributed by atoms with van der Waals surface area (Å²) < 4.78 is 0. The Morgan fingerprint density at radius 3 is 2.25 bits per heavy atom. The number of rotatable bonds is 13. The van der Waals surface area contributed by atoms with E-state index in [1.807, 2.05) is 0 Å². The topological polar surface area (TPSA) is 70.6 Å². The first-order valence-corrected chi connectivity index (χ1v) is 8.39. The van der Waals surface area contributed by atoms with Crippen LogP contribution in [-0.2, 0) is 0 Å². The lowest BCUT2D eigenvalue weighted by Gasteiger charge is -2.15. The Morgan fingerprint density at radius 1 is 1.10 bits per heavy atom. The summed E-state index contributed by atoms with van der Waals surface area (Å²) >= 11 is 0. The number of unbranched alkanes of at least 4 members (excludes halogenated alkanes) is 7. The lowest BCUT2D eigenvalue weighted by Crippen LogP contribution is -2.29. The highest BCUT2D eigenvalue weighted by Crippen LogP contribution is 2.48. The molecular formula is C16H33N3O. The zero-order valence-corrected chi connectivity index (χ0v) is 13.2. The summed E-state index contributed by atoms with van der Waals surface area (Å²) in [5, 5.41) is 15.2. The van der Waals surface area contributed by atoms with Crippen molar-refractivity contribution in [2.24, 2.45) is 16.3 Å². The quantitative estimate of drug-likeness (QED) is 0.159. The molecule has 0 radical (unpaired) electrons. The van der Waals surface area contributed by atoms with Gasteiger partial charge >= 0.3 is 0 Å². The molecule has 1 aliphatic rings. The van der Waals surface area contributed by atoms with Gasteiger partial charge in [-0.1, -0.05) is 57.0 Å². The highest BCUT2D eigenvalue weighted by molar-refractivity contribution is 5.80. The Bertz CT molecular complexity index is 275. The molecule has 1 fully saturated rings. The van der Waals surface area contributed by atoms with Crippen LogP contribution in [0.25, 0.3) is 0 Å². The molecule has 0 heterocycles. The van der Waals surface area contributed by atoms with Gasteiger partial charge in [0, 0.05) is 13.0 Å². The van der Waals surface area contributed by atoms with Crippen LogP contribution >= 0.6 is 0 Å². The second kappa shape index (κ2) is 10.0. The van der Waals surface area contributed by atoms with Crippen LogP contribution in [0.1, 0.15) is 77.6 Å². The minimum Gasteiger partial charge on any atom is -0.409 e. The van der Waals surface area contributed by atoms with Crippen LogP contribution in [0.5, 0.6) is 0 Å². The fourth-order valence-electron chi connectivity index (χ4n) is 2.75. The summed E-state index contributed by atoms with van der Waals surface area (Å²) in [5.74, 6) is 0.372. The zero-order valence-electron chi connectivity index (χ0n) is 13.2. The van der Waals surface area contributed by atoms with Gasteiger partial charge in [0.25, 0.3) is 0 Å². The van der Waals surface area contributed by atoms with Crippen molar-refractivity contribution in [2.75, 3.05) is 13.1 Å². The summed E-state index contributed by atoms with van der Waals surface area (Å²) in [6.45, 7) is 4.38. The fraction of sp³-hybridized carbons (Fsp3) is 0.938. The molecule has 1 rings (SSSR count). The van der Waals surface area contributed by atoms with Crippen molar-refractivity contribution in [1.29, 1.82) is 0 Å². The molecule has 20 heavy (non-hydrogen) atoms. The molecule has 0 aromatic heterocycles. The first-order chi connectivity index (χ1) is 9.72. The second-order valence-corrected chi connectivity index (χ2v) is 6.42. The molecule has 0 unspecified atom stereocenters. The standard InChI is InChI=1S/C16H33N3O/c1-2-3-4-5-6-7-8-9-12-18-14-16(10-11-16)13-15(17)19-20/h18,20H,2-14H2,1H3,(H2,17,19). The Labute approximate surface area is 124 Å². The number of nitrogens with one attached hydrogen (secondary N) is 1. The van der Waals surface area contributed by atoms with Crippen molar-refractivity contribution in [2.45, 2.75) is 77.6 Å². The van der Waals surface area contributed by atoms with E-state index in [-0.39, 0.29) is 5.41 Å². The molecule has 0 saturated heterocycles. The third kappa shape index (κ3) is 7.73. The van der Waals surface area contributed by atoms with Gasteiger partial charge in [-0.25, -0.2) is 0 Å². The van der Waals surface area contributed by atoms with Gasteiger partial charge in [0.15, 0.2) is 0 Å². The molecule has 0 spiro atoms. The molecule has 0 aromatic rings. The van der Waals surface area contributed by atoms with Gasteiger partial charge < -0.3 is 16.3 Å². The van der Waals surface area contributed by atoms with Crippen molar-refractivity contribution in [1.82, 2.24) is 5.32 Å². The van der Waals surface area contributed by atoms with Crippen LogP contribution < -0.4 is 11.1 Å². The SMILES string of the molecule is CCCCCCCCCCNCC1(CC(N)=NO)CC1. The van der Waals surface area contributed by atoms with Gasteiger partial charge in [0.05, 0.1) is 0 Å². The molecule has 1 saturated carbocycles. The number of amidine groups is 1. The van der Waals surface area contributed by atoms with Gasteiger partial charge in [0.2, 0.25) is 0 Å². The molecule has 4 N–H and O–H groups in total. The third-order valence-electron chi connectivity index (χ3n) is 4.35. The normalized spacial score (nSPS) is 17.4. The van der Waals surface area contributed by atoms with Crippen molar-refractivity contribution >= 4 is 5.84 Å². The average Bonchev–Trinajstić information content (AvgIpc) is 3.20. The van der Waals surface area contributed by atoms with Crippen molar-refractivity contribution in [3.63, 3.8) is 0 Å². The van der Waals surface area contributed by atoms with E-state index in [0.29, 0.717) is 5.84 Å². The maximum atomic E-state index is 8.61. The summed E-state index contributed by atoms with van der Waals surface area (Å²) in [5.41, 5.74) is 5.88. The third-order valence-corrected chi connectivity index (χ3v) is 4.35. The van der Waals surface area contributed by atoms with E-state index in [0.717, 1.165) is 19.5 Å². The van der Waals surface area contributed by atoms with Crippen molar-refractivity contribution in [3.8, 4) is 0 Å². The molecule has 0 amide bonds. The summed E-state index contributed by atoms with van der Waals surface area (Å²) in [7, 11) is 0. The predicted octanol–water partition coefficient (Wildman–Crippen LogP) is 3.63. The van der Waals surface area contributed by atoms with Crippen LogP contribution in [0.2, 0.25) is 0 Å². The van der Waals surface area contributed by atoms with E-state index >= 15 is 0 Å². The van der Waals surface area contributed by atoms with Gasteiger partial charge in [-0.05, 0) is 31.2 Å². The van der Waals surface area contributed by atoms with E-state index in [2.05, 4.69) is 17.4 Å². The highest BCUT2D eigenvalue weighted by atomic mass is 16.4. The van der Waals surface area contributed by atoms with E-state index in [4.69, 9.17) is 10.9 Å². The number of oxime groups is 1. The molecule has 4 heteroatoms. The summed E-state index contributed by atoms with van der Waals surface area (Å²) in [6.07, 6.45) is 14.1. The molecule has 1 aliphatic carbocycles. The van der Waals surface area contributed by atoms with Crippen LogP contribution in [0.4, 0.5) is 0 Å². The minimum absolute atomic E-state index is 0.288. The average molecular weight is 283 g/mol. The number of nitrogens with zero attached hydrogens (tertiary/aromatic N) is 1. The van der Waals surface area contributed by atoms with E-state index in [9.17, 15) is 0 Å². The molecule has 0 bridgehead atoms. The van der Waals surface area contributed by atoms with Crippen molar-refractivity contribution < 1.29 is 5.21 Å². The highest BCUT2D eigenvalue weighted by Gasteiger charge is 2.42. The molecule has 118 valence electrons. The van der Waals surface area contributed by atoms with Gasteiger partial charge in [-0.15, -0.1) is 0 Å². The summed E-state index contributed by atoms with van der Waals surface area (Å²) in [4.78, 5) is 0. The molecular weight excluding hydrogens is 250 g/mol. The van der Waals surface area contributed by atoms with E-state index in [1.54, 1.807) is 0 Å². The molecule has 0 aromatic carbocycles. The number of hydrogen-bond acceptors (Lipinski definition) is 3. The van der Waals surface area contributed by atoms with Crippen LogP contribution in [-0.4, -0.2) is 24.1 Å². The van der Waals surface area contributed by atoms with E-state index < -0.39 is 0 Å². The van der Waals surface area contributed by atoms with Crippen LogP contribution in [0.3, 0.4) is 0 Å². The Kier molecular flexibility index (Phi) is 8.67. The maximum absolute atomic E-state index is 8.61. The fourth-order valence-corrected chi connectivity index (χ4v) is 2.75. The van der Waals surface area contributed by atoms with Crippen LogP contribution in [0, 0.1) is 5.41 Å². The lowest BCUT2D eigenvalue weighted by atomic mass is 10.0. The van der Waals surface area contributed by atoms with Gasteiger partial charge in [0.1, 0.15) is 5.84 Å². The molecule has 4 nitrogen and oxygen atoms in total. The Hall–Kier alpha value is -0.770. The minimum atomic E-state index is 0.288. The first kappa shape index (κ1) is 17.3. The molecule has 0 aliphatic heterocycles. The lowest BCUT2D eigenvalue weighted by molar-refractivity contribution is 0.314. The smallest absolute Gasteiger partial charge is 0.139 e. The largest absolute Gasteiger partial charge is 0.409 e. The second-order valence-electron chi connectivity index (χ2n) is 6.42. The van der Waals surface area contributed by atoms with E-state index in [1.165, 1.54) is 64.2 Å². The van der Waals surface area contributed by atoms with Crippen LogP contribution in [0.15, 0.2) is 5.16 Å². The monoisotopic (exact) mass is 283 g/mol. The van der Waals surface area contributed by atoms with Crippen molar-refractivity contribution in [3.05, 3.63) is 0 Å². The first-order valence-electron chi connectivity index (χ1n) is 8.39. The molecule has 0 atom stereocenters. The van der Waals surface area contributed by atoms with Gasteiger partial charge in [-0.2, -0.15) is 0 Å². The Morgan fingerprint density at radius 2 is 1.70 bits per heavy atom. The summed E-state index contributed by atoms with van der Waals surface area (Å²) in [6, 6.07) is 0. The predicted molar refractivity (Wildman–Crippen MR) is 85.2 cm³/mol.